The van der Waals surface area contributed by atoms with E-state index in [1.54, 1.807) is 0 Å². The molecule has 2 aliphatic heterocycles. The van der Waals surface area contributed by atoms with Crippen molar-refractivity contribution in [2.45, 2.75) is 232 Å². The number of carboxylic acid groups (broad SMARTS) is 1. The Morgan fingerprint density at radius 1 is 0.690 bits per heavy atom. The highest BCUT2D eigenvalue weighted by Gasteiger charge is 2.49. The summed E-state index contributed by atoms with van der Waals surface area (Å²) in [5.41, 5.74) is 9.36. The number of nitrogens with one attached hydrogen (secondary N) is 1. The summed E-state index contributed by atoms with van der Waals surface area (Å²) in [6.45, 7) is 25.8. The van der Waals surface area contributed by atoms with Crippen LogP contribution in [-0.2, 0) is 20.4 Å². The molecule has 0 bridgehead atoms. The molecule has 71 heavy (non-hydrogen) atoms. The minimum atomic E-state index is -0.862. The van der Waals surface area contributed by atoms with Gasteiger partial charge in [-0.15, -0.1) is 0 Å². The number of phenols is 2. The van der Waals surface area contributed by atoms with Crippen LogP contribution in [0.1, 0.15) is 220 Å². The van der Waals surface area contributed by atoms with E-state index < -0.39 is 17.2 Å². The second kappa shape index (κ2) is 27.8. The fourth-order valence-electron chi connectivity index (χ4n) is 11.0. The second-order valence-electron chi connectivity index (χ2n) is 23.1. The monoisotopic (exact) mass is 1030 g/mol. The third-order valence-electron chi connectivity index (χ3n) is 15.6. The summed E-state index contributed by atoms with van der Waals surface area (Å²) in [6, 6.07) is 8.11. The Hall–Kier alpha value is -3.36. The average Bonchev–Trinajstić information content (AvgIpc) is 3.26. The predicted molar refractivity (Wildman–Crippen MR) is 299 cm³/mol. The standard InChI is InChI=1S/C29H45NO4.C25H36O4.C4H11NO.2H2S/c1-7-8-9-10-14-28(3,4)21-17-24(32)26-22-16-20(27(33)30-19(2)13-15-31)11-12-23(22)29(5,6)34-25(26)18-21;1-6-7-8-9-12-24(2,3)17-14-20(26)22-18-13-16(23(27)28)10-11-19(18)25(4,5)29-21(22)15-17;1-4(5)2-3-6;;/h11,17-19,22-23,31-32H,7-10,12-16H2,1-6H3,(H,30,33);10,14-15,18-19,26H,6-9,11-13H2,1-5H3,(H,27,28);4,6H,2-3,5H2,1H3;2*1H2/t19?,22-,23-;18-,19-;4-;;/m110../s1. The van der Waals surface area contributed by atoms with Gasteiger partial charge in [0.2, 0.25) is 5.91 Å². The normalized spacial score (nSPS) is 21.2. The van der Waals surface area contributed by atoms with E-state index in [0.29, 0.717) is 37.7 Å². The lowest BCUT2D eigenvalue weighted by Crippen LogP contribution is -2.46. The van der Waals surface area contributed by atoms with Crippen molar-refractivity contribution in [2.75, 3.05) is 13.2 Å². The largest absolute Gasteiger partial charge is 0.508 e. The smallest absolute Gasteiger partial charge is 0.331 e. The van der Waals surface area contributed by atoms with Gasteiger partial charge in [-0.1, -0.05) is 105 Å². The first-order valence-corrected chi connectivity index (χ1v) is 26.4. The Morgan fingerprint density at radius 3 is 1.46 bits per heavy atom. The minimum absolute atomic E-state index is 0. The number of rotatable bonds is 19. The highest BCUT2D eigenvalue weighted by atomic mass is 32.1. The molecule has 4 aliphatic rings. The van der Waals surface area contributed by atoms with E-state index in [-0.39, 0.29) is 104 Å². The molecule has 2 aromatic rings. The molecule has 6 rings (SSSR count). The average molecular weight is 1030 g/mol. The number of carbonyl (C=O) groups is 2. The molecule has 8 N–H and O–H groups in total. The number of aliphatic hydroxyl groups is 2. The van der Waals surface area contributed by atoms with E-state index in [1.165, 1.54) is 51.4 Å². The summed E-state index contributed by atoms with van der Waals surface area (Å²) in [6.07, 6.45) is 19.4. The molecule has 0 fully saturated rings. The molecule has 0 spiro atoms. The lowest BCUT2D eigenvalue weighted by Gasteiger charge is -2.47. The van der Waals surface area contributed by atoms with Crippen LogP contribution in [-0.4, -0.2) is 73.9 Å². The fraction of sp³-hybridized carbons (Fsp3) is 0.690. The zero-order valence-corrected chi connectivity index (χ0v) is 47.6. The summed E-state index contributed by atoms with van der Waals surface area (Å²) < 4.78 is 12.9. The number of carbonyl (C=O) groups excluding carboxylic acids is 1. The summed E-state index contributed by atoms with van der Waals surface area (Å²) in [7, 11) is 0. The number of hydrogen-bond acceptors (Lipinski definition) is 9. The maximum Gasteiger partial charge on any atom is 0.331 e. The highest BCUT2D eigenvalue weighted by molar-refractivity contribution is 7.59. The number of unbranched alkanes of at least 4 members (excludes halogenated alkanes) is 6. The number of benzene rings is 2. The van der Waals surface area contributed by atoms with Crippen LogP contribution >= 0.6 is 27.0 Å². The summed E-state index contributed by atoms with van der Waals surface area (Å²) >= 11 is 0. The van der Waals surface area contributed by atoms with Crippen molar-refractivity contribution in [3.63, 3.8) is 0 Å². The molecule has 0 saturated heterocycles. The van der Waals surface area contributed by atoms with Gasteiger partial charge in [0.15, 0.2) is 0 Å². The maximum absolute atomic E-state index is 12.9. The van der Waals surface area contributed by atoms with E-state index >= 15 is 0 Å². The van der Waals surface area contributed by atoms with Crippen LogP contribution in [0.5, 0.6) is 23.0 Å². The molecule has 2 aromatic carbocycles. The van der Waals surface area contributed by atoms with Crippen LogP contribution in [0, 0.1) is 11.8 Å². The van der Waals surface area contributed by atoms with Crippen molar-refractivity contribution in [2.24, 2.45) is 17.6 Å². The maximum atomic E-state index is 12.9. The Morgan fingerprint density at radius 2 is 1.10 bits per heavy atom. The molecule has 2 aliphatic carbocycles. The Bertz CT molecular complexity index is 2100. The van der Waals surface area contributed by atoms with Crippen molar-refractivity contribution in [1.29, 1.82) is 0 Å². The molecule has 1 amide bonds. The number of phenolic OH excluding ortho intramolecular Hbond substituents is 2. The van der Waals surface area contributed by atoms with Gasteiger partial charge in [-0.2, -0.15) is 27.0 Å². The van der Waals surface area contributed by atoms with Gasteiger partial charge in [-0.25, -0.2) is 4.79 Å². The van der Waals surface area contributed by atoms with Crippen molar-refractivity contribution >= 4 is 38.9 Å². The van der Waals surface area contributed by atoms with Crippen LogP contribution in [0.2, 0.25) is 0 Å². The van der Waals surface area contributed by atoms with Gasteiger partial charge in [-0.3, -0.25) is 4.79 Å². The van der Waals surface area contributed by atoms with Gasteiger partial charge in [0.25, 0.3) is 0 Å². The molecule has 0 radical (unpaired) electrons. The molecule has 11 nitrogen and oxygen atoms in total. The number of ether oxygens (including phenoxy) is 2. The summed E-state index contributed by atoms with van der Waals surface area (Å²) in [5.74, 6) is 1.41. The molecule has 1 unspecified atom stereocenters. The first-order valence-electron chi connectivity index (χ1n) is 26.4. The summed E-state index contributed by atoms with van der Waals surface area (Å²) in [4.78, 5) is 24.5. The number of allylic oxidation sites excluding steroid dienone is 2. The van der Waals surface area contributed by atoms with E-state index in [0.717, 1.165) is 58.6 Å². The Balaban J connectivity index is 0.000000429. The molecule has 13 heteroatoms. The molecular formula is C58H96N2O9S2. The van der Waals surface area contributed by atoms with Gasteiger partial charge >= 0.3 is 5.97 Å². The van der Waals surface area contributed by atoms with E-state index in [1.807, 2.05) is 38.1 Å². The lowest BCUT2D eigenvalue weighted by atomic mass is 9.66. The molecular weight excluding hydrogens is 933 g/mol. The first kappa shape index (κ1) is 63.8. The number of fused-ring (bicyclic) bond motifs is 6. The van der Waals surface area contributed by atoms with Crippen LogP contribution in [0.15, 0.2) is 47.6 Å². The fourth-order valence-corrected chi connectivity index (χ4v) is 11.0. The number of amides is 1. The van der Waals surface area contributed by atoms with Crippen LogP contribution < -0.4 is 20.5 Å². The SMILES string of the molecule is CCCCCCC(C)(C)c1cc(O)c2c(c1)OC(C)(C)[C@@H]1CC=C(C(=O)NC(C)CCO)C[C@@H]21.CCCCCCC(C)(C)c1cc(O)c2c(c1)OC(C)(C)[C@@H]1CC=C(C(=O)O)C[C@@H]21.C[C@H](N)CCO.S.S. The Kier molecular flexibility index (Phi) is 25.0. The van der Waals surface area contributed by atoms with Crippen molar-refractivity contribution < 1.29 is 44.6 Å². The zero-order valence-electron chi connectivity index (χ0n) is 45.6. The van der Waals surface area contributed by atoms with Crippen molar-refractivity contribution in [3.05, 3.63) is 69.8 Å². The number of hydrogen-bond donors (Lipinski definition) is 7. The molecule has 2 heterocycles. The van der Waals surface area contributed by atoms with Gasteiger partial charge in [0, 0.05) is 71.2 Å². The quantitative estimate of drug-likeness (QED) is 0.0666. The predicted octanol–water partition coefficient (Wildman–Crippen LogP) is 12.4. The third-order valence-corrected chi connectivity index (χ3v) is 15.6. The zero-order chi connectivity index (χ0) is 51.5. The van der Waals surface area contributed by atoms with Crippen LogP contribution in [0.3, 0.4) is 0 Å². The van der Waals surface area contributed by atoms with Crippen LogP contribution in [0.4, 0.5) is 0 Å². The van der Waals surface area contributed by atoms with Gasteiger partial charge in [-0.05, 0) is 139 Å². The number of aliphatic hydroxyl groups excluding tert-OH is 2. The molecule has 0 saturated carbocycles. The topological polar surface area (TPSA) is 192 Å². The van der Waals surface area contributed by atoms with Crippen LogP contribution in [0.25, 0.3) is 0 Å². The molecule has 404 valence electrons. The van der Waals surface area contributed by atoms with Crippen molar-refractivity contribution in [1.82, 2.24) is 5.32 Å². The van der Waals surface area contributed by atoms with E-state index in [4.69, 9.17) is 25.4 Å². The summed E-state index contributed by atoms with van der Waals surface area (Å²) in [5, 5.41) is 52.0. The number of aliphatic carboxylic acids is 1. The second-order valence-corrected chi connectivity index (χ2v) is 23.1. The van der Waals surface area contributed by atoms with E-state index in [2.05, 4.69) is 86.7 Å². The highest BCUT2D eigenvalue weighted by Crippen LogP contribution is 2.57. The molecule has 0 aromatic heterocycles. The third kappa shape index (κ3) is 16.8. The molecule has 6 atom stereocenters. The van der Waals surface area contributed by atoms with E-state index in [9.17, 15) is 24.9 Å². The lowest BCUT2D eigenvalue weighted by molar-refractivity contribution is -0.133. The Labute approximate surface area is 442 Å². The van der Waals surface area contributed by atoms with Gasteiger partial charge < -0.3 is 46.1 Å². The van der Waals surface area contributed by atoms with Gasteiger partial charge in [0.1, 0.15) is 34.2 Å². The number of aromatic hydroxyl groups is 2. The van der Waals surface area contributed by atoms with Crippen molar-refractivity contribution in [3.8, 4) is 23.0 Å². The minimum Gasteiger partial charge on any atom is -0.508 e. The number of nitrogens with two attached hydrogens (primary N) is 1. The van der Waals surface area contributed by atoms with Gasteiger partial charge in [0.05, 0.1) is 0 Å². The number of carboxylic acids is 1. The first-order chi connectivity index (χ1) is 32.3.